The second-order valence-electron chi connectivity index (χ2n) is 4.50. The molecular weight excluding hydrogens is 304 g/mol. The molecule has 18 heavy (non-hydrogen) atoms. The molecule has 2 heteroatoms. The predicted octanol–water partition coefficient (Wildman–Crippen LogP) is 5.51. The van der Waals surface area contributed by atoms with Crippen LogP contribution in [0.4, 0.5) is 0 Å². The zero-order valence-corrected chi connectivity index (χ0v) is 13.3. The Morgan fingerprint density at radius 1 is 1.00 bits per heavy atom. The highest BCUT2D eigenvalue weighted by Crippen LogP contribution is 2.34. The fourth-order valence-corrected chi connectivity index (χ4v) is 3.19. The predicted molar refractivity (Wildman–Crippen MR) is 84.9 cm³/mol. The molecule has 0 nitrogen and oxygen atoms in total. The van der Waals surface area contributed by atoms with Gasteiger partial charge in [-0.25, -0.2) is 0 Å². The largest absolute Gasteiger partial charge is 0.130 e. The summed E-state index contributed by atoms with van der Waals surface area (Å²) in [6, 6.07) is 15.4. The molecule has 2 aromatic carbocycles. The molecule has 1 atom stereocenters. The van der Waals surface area contributed by atoms with Crippen LogP contribution in [0.15, 0.2) is 47.4 Å². The van der Waals surface area contributed by atoms with E-state index in [1.165, 1.54) is 27.1 Å². The molecule has 94 valence electrons. The molecule has 0 aromatic heterocycles. The van der Waals surface area contributed by atoms with Crippen molar-refractivity contribution in [3.05, 3.63) is 64.7 Å². The molecule has 0 amide bonds. The Kier molecular flexibility index (Phi) is 4.52. The minimum Gasteiger partial charge on any atom is -0.130 e. The maximum atomic E-state index is 3.82. The van der Waals surface area contributed by atoms with Crippen LogP contribution < -0.4 is 0 Å². The average Bonchev–Trinajstić information content (AvgIpc) is 2.41. The van der Waals surface area contributed by atoms with Crippen LogP contribution in [0.5, 0.6) is 0 Å². The van der Waals surface area contributed by atoms with Gasteiger partial charge in [-0.2, -0.15) is 0 Å². The summed E-state index contributed by atoms with van der Waals surface area (Å²) in [6.45, 7) is 4.30. The Labute approximate surface area is 122 Å². The normalized spacial score (nSPS) is 12.4. The van der Waals surface area contributed by atoms with Gasteiger partial charge in [-0.3, -0.25) is 0 Å². The van der Waals surface area contributed by atoms with Gasteiger partial charge in [0.15, 0.2) is 0 Å². The van der Waals surface area contributed by atoms with Gasteiger partial charge in [0.2, 0.25) is 0 Å². The first kappa shape index (κ1) is 13.7. The van der Waals surface area contributed by atoms with E-state index in [1.54, 1.807) is 11.8 Å². The number of alkyl halides is 1. The van der Waals surface area contributed by atoms with E-state index in [0.717, 1.165) is 0 Å². The summed E-state index contributed by atoms with van der Waals surface area (Å²) in [5.41, 5.74) is 5.30. The summed E-state index contributed by atoms with van der Waals surface area (Å²) >= 11 is 5.59. The molecule has 1 unspecified atom stereocenters. The van der Waals surface area contributed by atoms with E-state index >= 15 is 0 Å². The van der Waals surface area contributed by atoms with Crippen LogP contribution in [0.3, 0.4) is 0 Å². The molecule has 0 aliphatic heterocycles. The summed E-state index contributed by atoms with van der Waals surface area (Å²) in [7, 11) is 0. The van der Waals surface area contributed by atoms with Gasteiger partial charge in [-0.05, 0) is 48.9 Å². The molecule has 0 fully saturated rings. The zero-order chi connectivity index (χ0) is 13.1. The Morgan fingerprint density at radius 2 is 1.67 bits per heavy atom. The van der Waals surface area contributed by atoms with E-state index in [0.29, 0.717) is 0 Å². The number of hydrogen-bond acceptors (Lipinski definition) is 1. The first-order valence-corrected chi connectivity index (χ1v) is 8.11. The number of rotatable bonds is 3. The zero-order valence-electron chi connectivity index (χ0n) is 10.9. The molecule has 0 aliphatic carbocycles. The van der Waals surface area contributed by atoms with Crippen LogP contribution >= 0.6 is 27.7 Å². The Bertz CT molecular complexity index is 531. The molecule has 0 saturated carbocycles. The van der Waals surface area contributed by atoms with Crippen molar-refractivity contribution in [2.24, 2.45) is 0 Å². The summed E-state index contributed by atoms with van der Waals surface area (Å²) in [5, 5.41) is 0. The highest BCUT2D eigenvalue weighted by Gasteiger charge is 2.12. The third kappa shape index (κ3) is 2.99. The lowest BCUT2D eigenvalue weighted by atomic mass is 9.98. The molecule has 0 radical (unpaired) electrons. The van der Waals surface area contributed by atoms with Gasteiger partial charge in [-0.15, -0.1) is 11.8 Å². The third-order valence-corrected chi connectivity index (χ3v) is 4.88. The van der Waals surface area contributed by atoms with Crippen LogP contribution in [-0.4, -0.2) is 6.26 Å². The first-order valence-electron chi connectivity index (χ1n) is 5.97. The molecule has 0 saturated heterocycles. The lowest BCUT2D eigenvalue weighted by Crippen LogP contribution is -1.96. The van der Waals surface area contributed by atoms with Gasteiger partial charge >= 0.3 is 0 Å². The van der Waals surface area contributed by atoms with Crippen molar-refractivity contribution >= 4 is 27.7 Å². The second kappa shape index (κ2) is 5.94. The Balaban J connectivity index is 2.34. The fourth-order valence-electron chi connectivity index (χ4n) is 1.99. The minimum atomic E-state index is 0.272. The summed E-state index contributed by atoms with van der Waals surface area (Å²) in [5.74, 6) is 0. The van der Waals surface area contributed by atoms with Gasteiger partial charge in [-0.1, -0.05) is 51.8 Å². The van der Waals surface area contributed by atoms with E-state index in [9.17, 15) is 0 Å². The molecule has 0 spiro atoms. The summed E-state index contributed by atoms with van der Waals surface area (Å²) in [4.78, 5) is 1.58. The molecule has 2 rings (SSSR count). The highest BCUT2D eigenvalue weighted by atomic mass is 79.9. The minimum absolute atomic E-state index is 0.272. The smallest absolute Gasteiger partial charge is 0.0647 e. The Morgan fingerprint density at radius 3 is 2.28 bits per heavy atom. The van der Waals surface area contributed by atoms with E-state index < -0.39 is 0 Å². The number of aryl methyl sites for hydroxylation is 2. The van der Waals surface area contributed by atoms with E-state index in [-0.39, 0.29) is 4.83 Å². The van der Waals surface area contributed by atoms with Crippen molar-refractivity contribution < 1.29 is 0 Å². The van der Waals surface area contributed by atoms with Crippen LogP contribution in [0.1, 0.15) is 27.1 Å². The molecule has 0 N–H and O–H groups in total. The monoisotopic (exact) mass is 320 g/mol. The summed E-state index contributed by atoms with van der Waals surface area (Å²) in [6.07, 6.45) is 2.10. The molecule has 0 heterocycles. The van der Waals surface area contributed by atoms with Crippen molar-refractivity contribution in [3.63, 3.8) is 0 Å². The Hall–Kier alpha value is -0.730. The average molecular weight is 321 g/mol. The standard InChI is InChI=1S/C16H17BrS/c1-11-4-5-12(2)15(10-11)16(17)13-6-8-14(18-3)9-7-13/h4-10,16H,1-3H3. The summed E-state index contributed by atoms with van der Waals surface area (Å²) < 4.78 is 0. The molecular formula is C16H17BrS. The lowest BCUT2D eigenvalue weighted by Gasteiger charge is -2.15. The van der Waals surface area contributed by atoms with Gasteiger partial charge < -0.3 is 0 Å². The van der Waals surface area contributed by atoms with Crippen molar-refractivity contribution in [1.82, 2.24) is 0 Å². The van der Waals surface area contributed by atoms with Crippen LogP contribution in [0, 0.1) is 13.8 Å². The van der Waals surface area contributed by atoms with Crippen molar-refractivity contribution in [1.29, 1.82) is 0 Å². The molecule has 2 aromatic rings. The number of hydrogen-bond donors (Lipinski definition) is 0. The van der Waals surface area contributed by atoms with Gasteiger partial charge in [0.1, 0.15) is 0 Å². The third-order valence-electron chi connectivity index (χ3n) is 3.12. The van der Waals surface area contributed by atoms with E-state index in [2.05, 4.69) is 78.5 Å². The maximum absolute atomic E-state index is 3.82. The van der Waals surface area contributed by atoms with Gasteiger partial charge in [0, 0.05) is 4.90 Å². The topological polar surface area (TPSA) is 0 Å². The van der Waals surface area contributed by atoms with Crippen molar-refractivity contribution in [2.75, 3.05) is 6.26 Å². The van der Waals surface area contributed by atoms with Crippen molar-refractivity contribution in [3.8, 4) is 0 Å². The molecule has 0 aliphatic rings. The maximum Gasteiger partial charge on any atom is 0.0647 e. The van der Waals surface area contributed by atoms with Crippen LogP contribution in [-0.2, 0) is 0 Å². The van der Waals surface area contributed by atoms with Crippen LogP contribution in [0.25, 0.3) is 0 Å². The number of benzene rings is 2. The van der Waals surface area contributed by atoms with E-state index in [4.69, 9.17) is 0 Å². The lowest BCUT2D eigenvalue weighted by molar-refractivity contribution is 1.13. The van der Waals surface area contributed by atoms with Crippen molar-refractivity contribution in [2.45, 2.75) is 23.6 Å². The number of thioether (sulfide) groups is 1. The highest BCUT2D eigenvalue weighted by molar-refractivity contribution is 9.09. The first-order chi connectivity index (χ1) is 8.61. The SMILES string of the molecule is CSc1ccc(C(Br)c2cc(C)ccc2C)cc1. The quantitative estimate of drug-likeness (QED) is 0.530. The second-order valence-corrected chi connectivity index (χ2v) is 6.29. The van der Waals surface area contributed by atoms with E-state index in [1.807, 2.05) is 0 Å². The van der Waals surface area contributed by atoms with Crippen LogP contribution in [0.2, 0.25) is 0 Å². The molecule has 0 bridgehead atoms. The van der Waals surface area contributed by atoms with Gasteiger partial charge in [0.05, 0.1) is 4.83 Å². The fraction of sp³-hybridized carbons (Fsp3) is 0.250. The van der Waals surface area contributed by atoms with Gasteiger partial charge in [0.25, 0.3) is 0 Å². The number of halogens is 1.